The first-order valence-electron chi connectivity index (χ1n) is 11.8. The summed E-state index contributed by atoms with van der Waals surface area (Å²) in [4.78, 5) is 16.9. The van der Waals surface area contributed by atoms with Crippen molar-refractivity contribution in [3.05, 3.63) is 75.9 Å². The van der Waals surface area contributed by atoms with Crippen LogP contribution in [0.15, 0.2) is 59.4 Å². The van der Waals surface area contributed by atoms with E-state index in [-0.39, 0.29) is 33.5 Å². The lowest BCUT2D eigenvalue weighted by Crippen LogP contribution is -2.22. The number of fused-ring (bicyclic) bond motifs is 4. The molecule has 0 radical (unpaired) electrons. The van der Waals surface area contributed by atoms with E-state index in [1.165, 1.54) is 18.2 Å². The quantitative estimate of drug-likeness (QED) is 0.201. The molecule has 7 nitrogen and oxygen atoms in total. The van der Waals surface area contributed by atoms with Crippen LogP contribution >= 0.6 is 0 Å². The fourth-order valence-corrected chi connectivity index (χ4v) is 5.55. The van der Waals surface area contributed by atoms with Crippen LogP contribution < -0.4 is 9.61 Å². The van der Waals surface area contributed by atoms with Gasteiger partial charge >= 0.3 is 16.7 Å². The highest BCUT2D eigenvalue weighted by Gasteiger charge is 2.36. The summed E-state index contributed by atoms with van der Waals surface area (Å²) in [7, 11) is -5.40. The van der Waals surface area contributed by atoms with Crippen molar-refractivity contribution in [3.8, 4) is 22.9 Å². The van der Waals surface area contributed by atoms with E-state index in [1.807, 2.05) is 10.6 Å². The average molecular weight is 556 g/mol. The van der Waals surface area contributed by atoms with Gasteiger partial charge in [0.25, 0.3) is 0 Å². The Morgan fingerprint density at radius 3 is 2.46 bits per heavy atom. The molecule has 2 heterocycles. The lowest BCUT2D eigenvalue weighted by Gasteiger charge is -2.31. The Bertz CT molecular complexity index is 2030. The van der Waals surface area contributed by atoms with Gasteiger partial charge in [0.1, 0.15) is 11.4 Å². The van der Waals surface area contributed by atoms with Crippen molar-refractivity contribution in [1.29, 1.82) is 5.26 Å². The Kier molecular flexibility index (Phi) is 5.48. The molecule has 12 heteroatoms. The van der Waals surface area contributed by atoms with Gasteiger partial charge < -0.3 is 13.7 Å². The van der Waals surface area contributed by atoms with Crippen molar-refractivity contribution >= 4 is 43.3 Å². The Labute approximate surface area is 218 Å². The van der Waals surface area contributed by atoms with Crippen LogP contribution in [-0.4, -0.2) is 18.0 Å². The minimum Gasteiger partial charge on any atom is -0.358 e. The van der Waals surface area contributed by atoms with Crippen molar-refractivity contribution < 1.29 is 29.7 Å². The lowest BCUT2D eigenvalue weighted by atomic mass is 9.90. The number of nitriles is 1. The van der Waals surface area contributed by atoms with E-state index in [2.05, 4.69) is 9.17 Å². The minimum absolute atomic E-state index is 0.0756. The molecule has 3 aromatic carbocycles. The van der Waals surface area contributed by atoms with E-state index in [0.717, 1.165) is 37.5 Å². The highest BCUT2D eigenvalue weighted by molar-refractivity contribution is 7.81. The second-order valence-electron chi connectivity index (χ2n) is 9.42. The molecule has 0 amide bonds. The molecule has 39 heavy (non-hydrogen) atoms. The number of rotatable bonds is 4. The van der Waals surface area contributed by atoms with E-state index in [0.29, 0.717) is 22.1 Å². The third-order valence-corrected chi connectivity index (χ3v) is 7.49. The maximum absolute atomic E-state index is 14.4. The molecule has 0 aliphatic heterocycles. The van der Waals surface area contributed by atoms with Gasteiger partial charge in [0.05, 0.1) is 28.1 Å². The largest absolute Gasteiger partial charge is 0.488 e. The molecule has 6 rings (SSSR count). The summed E-state index contributed by atoms with van der Waals surface area (Å²) in [6.07, 6.45) is -2.47. The summed E-state index contributed by atoms with van der Waals surface area (Å²) in [5, 5.41) is 9.90. The Balaban J connectivity index is 1.73. The van der Waals surface area contributed by atoms with Gasteiger partial charge in [-0.1, -0.05) is 22.1 Å². The van der Waals surface area contributed by atoms with Gasteiger partial charge in [-0.25, -0.2) is 0 Å². The predicted molar refractivity (Wildman–Crippen MR) is 136 cm³/mol. The van der Waals surface area contributed by atoms with Gasteiger partial charge in [-0.05, 0) is 66.8 Å². The van der Waals surface area contributed by atoms with Crippen molar-refractivity contribution in [2.24, 2.45) is 0 Å². The molecule has 0 spiro atoms. The number of aromatic nitrogens is 2. The van der Waals surface area contributed by atoms with E-state index in [4.69, 9.17) is 0 Å². The molecular formula is C27H17F4N3O4S. The summed E-state index contributed by atoms with van der Waals surface area (Å²) < 4.78 is 84.2. The van der Waals surface area contributed by atoms with Crippen molar-refractivity contribution in [3.63, 3.8) is 0 Å². The average Bonchev–Trinajstić information content (AvgIpc) is 3.21. The Morgan fingerprint density at radius 2 is 1.82 bits per heavy atom. The number of nitrogens with zero attached hydrogens (tertiary/aromatic N) is 2. The van der Waals surface area contributed by atoms with Crippen LogP contribution in [0.3, 0.4) is 0 Å². The zero-order valence-corrected chi connectivity index (χ0v) is 20.7. The standard InChI is InChI=1S/C27H17F4N3O4S/c28-27(29,30)21-11-20-23(12-19(21)15-3-1-6-17(10-15)38-39(31,36)37)34(16-4-2-5-16)26-24(25(20)35)18-8-7-14(13-32)9-22(18)33-26/h1,3,6-12,16,33H,2,4-5H2. The number of halogens is 4. The highest BCUT2D eigenvalue weighted by Crippen LogP contribution is 2.43. The molecule has 1 aliphatic rings. The third kappa shape index (κ3) is 4.19. The number of alkyl halides is 3. The SMILES string of the molecule is N#Cc1ccc2c(c1)[nH]c1c2c(=O)c2cc(C(F)(F)F)c(-c3cccc(OS(=O)(=O)F)c3)cc2n1C1CCC1. The zero-order chi connectivity index (χ0) is 27.7. The summed E-state index contributed by atoms with van der Waals surface area (Å²) in [6, 6.07) is 13.4. The van der Waals surface area contributed by atoms with Gasteiger partial charge in [0.2, 0.25) is 0 Å². The van der Waals surface area contributed by atoms with Crippen LogP contribution in [-0.2, 0) is 16.7 Å². The second kappa shape index (κ2) is 8.57. The molecular weight excluding hydrogens is 538 g/mol. The number of pyridine rings is 1. The molecule has 1 fully saturated rings. The second-order valence-corrected chi connectivity index (χ2v) is 10.4. The molecule has 0 bridgehead atoms. The fraction of sp³-hybridized carbons (Fsp3) is 0.185. The monoisotopic (exact) mass is 555 g/mol. The number of hydrogen-bond acceptors (Lipinski definition) is 5. The van der Waals surface area contributed by atoms with Crippen LogP contribution in [0.2, 0.25) is 0 Å². The molecule has 1 N–H and O–H groups in total. The van der Waals surface area contributed by atoms with Crippen LogP contribution in [0.4, 0.5) is 17.1 Å². The maximum Gasteiger partial charge on any atom is 0.488 e. The number of nitrogens with one attached hydrogen (secondary N) is 1. The van der Waals surface area contributed by atoms with E-state index >= 15 is 0 Å². The normalized spacial score (nSPS) is 14.5. The van der Waals surface area contributed by atoms with Gasteiger partial charge in [0.15, 0.2) is 5.43 Å². The lowest BCUT2D eigenvalue weighted by molar-refractivity contribution is -0.137. The smallest absolute Gasteiger partial charge is 0.358 e. The summed E-state index contributed by atoms with van der Waals surface area (Å²) in [5.41, 5.74) is -0.536. The Hall–Kier alpha value is -4.37. The van der Waals surface area contributed by atoms with Crippen molar-refractivity contribution in [2.75, 3.05) is 0 Å². The molecule has 1 saturated carbocycles. The van der Waals surface area contributed by atoms with Crippen LogP contribution in [0.5, 0.6) is 5.75 Å². The summed E-state index contributed by atoms with van der Waals surface area (Å²) in [6.45, 7) is 0. The van der Waals surface area contributed by atoms with Gasteiger partial charge in [0, 0.05) is 22.3 Å². The van der Waals surface area contributed by atoms with Crippen molar-refractivity contribution in [2.45, 2.75) is 31.5 Å². The van der Waals surface area contributed by atoms with Crippen LogP contribution in [0.1, 0.15) is 36.4 Å². The molecule has 1 aliphatic carbocycles. The fourth-order valence-electron chi connectivity index (χ4n) is 5.22. The van der Waals surface area contributed by atoms with E-state index in [1.54, 1.807) is 18.2 Å². The van der Waals surface area contributed by atoms with E-state index in [9.17, 15) is 35.5 Å². The number of hydrogen-bond donors (Lipinski definition) is 1. The zero-order valence-electron chi connectivity index (χ0n) is 19.8. The summed E-state index contributed by atoms with van der Waals surface area (Å²) in [5.74, 6) is -0.501. The first-order chi connectivity index (χ1) is 18.4. The van der Waals surface area contributed by atoms with Gasteiger partial charge in [-0.3, -0.25) is 4.79 Å². The number of H-pyrrole nitrogens is 1. The van der Waals surface area contributed by atoms with E-state index < -0.39 is 33.4 Å². The van der Waals surface area contributed by atoms with Crippen LogP contribution in [0, 0.1) is 11.3 Å². The molecule has 5 aromatic rings. The van der Waals surface area contributed by atoms with Gasteiger partial charge in [-0.15, -0.1) is 0 Å². The number of aromatic amines is 1. The topological polar surface area (TPSA) is 105 Å². The third-order valence-electron chi connectivity index (χ3n) is 7.10. The first kappa shape index (κ1) is 24.9. The molecule has 0 saturated heterocycles. The predicted octanol–water partition coefficient (Wildman–Crippen LogP) is 6.51. The molecule has 198 valence electrons. The maximum atomic E-state index is 14.4. The number of benzene rings is 3. The first-order valence-corrected chi connectivity index (χ1v) is 13.1. The minimum atomic E-state index is -5.40. The van der Waals surface area contributed by atoms with Gasteiger partial charge in [-0.2, -0.15) is 26.9 Å². The molecule has 0 atom stereocenters. The Morgan fingerprint density at radius 1 is 1.05 bits per heavy atom. The molecule has 0 unspecified atom stereocenters. The highest BCUT2D eigenvalue weighted by atomic mass is 32.3. The van der Waals surface area contributed by atoms with Crippen molar-refractivity contribution in [1.82, 2.24) is 9.55 Å². The van der Waals surface area contributed by atoms with Crippen LogP contribution in [0.25, 0.3) is 44.0 Å². The summed E-state index contributed by atoms with van der Waals surface area (Å²) >= 11 is 0. The molecule has 2 aromatic heterocycles.